The normalized spacial score (nSPS) is 20.1. The second kappa shape index (κ2) is 7.29. The van der Waals surface area contributed by atoms with Crippen LogP contribution in [0.5, 0.6) is 0 Å². The van der Waals surface area contributed by atoms with E-state index in [1.165, 1.54) is 0 Å². The summed E-state index contributed by atoms with van der Waals surface area (Å²) in [6.45, 7) is 4.29. The Morgan fingerprint density at radius 1 is 1.27 bits per heavy atom. The van der Waals surface area contributed by atoms with E-state index in [4.69, 9.17) is 15.5 Å². The van der Waals surface area contributed by atoms with Crippen LogP contribution in [0.1, 0.15) is 48.5 Å². The summed E-state index contributed by atoms with van der Waals surface area (Å²) < 4.78 is 8.13. The van der Waals surface area contributed by atoms with Crippen LogP contribution in [0.15, 0.2) is 24.3 Å². The van der Waals surface area contributed by atoms with Crippen molar-refractivity contribution in [3.05, 3.63) is 41.0 Å². The van der Waals surface area contributed by atoms with E-state index in [1.54, 1.807) is 0 Å². The lowest BCUT2D eigenvalue weighted by Crippen LogP contribution is -2.39. The highest BCUT2D eigenvalue weighted by Crippen LogP contribution is 2.41. The number of carbonyl (C=O) groups excluding carboxylic acids is 1. The maximum absolute atomic E-state index is 11.7. The molecular formula is C23H25N5O2. The molecule has 0 radical (unpaired) electrons. The summed E-state index contributed by atoms with van der Waals surface area (Å²) in [5.74, 6) is 0.753. The third-order valence-corrected chi connectivity index (χ3v) is 6.57. The van der Waals surface area contributed by atoms with E-state index in [-0.39, 0.29) is 17.9 Å². The van der Waals surface area contributed by atoms with Crippen LogP contribution in [0.2, 0.25) is 0 Å². The third-order valence-electron chi connectivity index (χ3n) is 6.57. The molecule has 2 aliphatic heterocycles. The van der Waals surface area contributed by atoms with Crippen molar-refractivity contribution >= 4 is 28.4 Å². The van der Waals surface area contributed by atoms with Gasteiger partial charge in [0.25, 0.3) is 0 Å². The van der Waals surface area contributed by atoms with Gasteiger partial charge in [-0.05, 0) is 50.3 Å². The van der Waals surface area contributed by atoms with Crippen molar-refractivity contribution in [1.29, 1.82) is 5.26 Å². The zero-order valence-electron chi connectivity index (χ0n) is 17.1. The maximum Gasteiger partial charge on any atom is 0.220 e. The fourth-order valence-electron chi connectivity index (χ4n) is 5.08. The molecule has 3 aromatic rings. The van der Waals surface area contributed by atoms with Crippen molar-refractivity contribution in [2.75, 3.05) is 24.6 Å². The van der Waals surface area contributed by atoms with Crippen LogP contribution in [-0.2, 0) is 9.53 Å². The number of imidazole rings is 1. The number of para-hydroxylation sites is 2. The first kappa shape index (κ1) is 18.9. The number of benzene rings is 1. The number of carbonyl (C=O) groups is 1. The van der Waals surface area contributed by atoms with E-state index in [0.717, 1.165) is 73.4 Å². The molecule has 0 spiro atoms. The van der Waals surface area contributed by atoms with E-state index in [2.05, 4.69) is 22.3 Å². The Bertz CT molecular complexity index is 1180. The van der Waals surface area contributed by atoms with E-state index in [0.29, 0.717) is 11.2 Å². The van der Waals surface area contributed by atoms with Crippen LogP contribution in [0.25, 0.3) is 16.7 Å². The lowest BCUT2D eigenvalue weighted by Gasteiger charge is -2.35. The largest absolute Gasteiger partial charge is 0.373 e. The van der Waals surface area contributed by atoms with Crippen LogP contribution in [-0.4, -0.2) is 35.0 Å². The smallest absolute Gasteiger partial charge is 0.220 e. The first-order valence-corrected chi connectivity index (χ1v) is 10.6. The fraction of sp³-hybridized carbons (Fsp3) is 0.435. The summed E-state index contributed by atoms with van der Waals surface area (Å²) in [5.41, 5.74) is 10.7. The first-order valence-electron chi connectivity index (χ1n) is 10.6. The van der Waals surface area contributed by atoms with Crippen molar-refractivity contribution in [3.63, 3.8) is 0 Å². The Balaban J connectivity index is 1.77. The summed E-state index contributed by atoms with van der Waals surface area (Å²) in [7, 11) is 0. The highest BCUT2D eigenvalue weighted by molar-refractivity contribution is 5.86. The summed E-state index contributed by atoms with van der Waals surface area (Å²) in [5, 5.41) is 10.1. The van der Waals surface area contributed by atoms with Crippen LogP contribution >= 0.6 is 0 Å². The molecule has 154 valence electrons. The lowest BCUT2D eigenvalue weighted by molar-refractivity contribution is -0.122. The molecule has 7 nitrogen and oxygen atoms in total. The number of amides is 1. The number of rotatable bonds is 3. The van der Waals surface area contributed by atoms with Gasteiger partial charge in [-0.25, -0.2) is 4.98 Å². The molecule has 0 bridgehead atoms. The number of nitrogens with two attached hydrogens (primary N) is 1. The molecule has 2 fully saturated rings. The monoisotopic (exact) mass is 403 g/mol. The van der Waals surface area contributed by atoms with Gasteiger partial charge in [0.2, 0.25) is 5.91 Å². The Morgan fingerprint density at radius 2 is 2.03 bits per heavy atom. The first-order chi connectivity index (χ1) is 14.6. The molecule has 1 atom stereocenters. The van der Waals surface area contributed by atoms with Crippen molar-refractivity contribution in [1.82, 2.24) is 9.38 Å². The van der Waals surface area contributed by atoms with Crippen molar-refractivity contribution in [3.8, 4) is 6.07 Å². The topological polar surface area (TPSA) is 96.7 Å². The molecule has 1 aromatic carbocycles. The van der Waals surface area contributed by atoms with E-state index < -0.39 is 0 Å². The number of piperidine rings is 1. The van der Waals surface area contributed by atoms with Crippen molar-refractivity contribution in [2.45, 2.75) is 38.7 Å². The molecule has 0 aliphatic carbocycles. The highest BCUT2D eigenvalue weighted by atomic mass is 16.5. The molecule has 1 amide bonds. The lowest BCUT2D eigenvalue weighted by atomic mass is 9.94. The van der Waals surface area contributed by atoms with Crippen LogP contribution in [0.4, 0.5) is 5.82 Å². The molecule has 5 rings (SSSR count). The number of aromatic nitrogens is 2. The van der Waals surface area contributed by atoms with E-state index >= 15 is 0 Å². The highest BCUT2D eigenvalue weighted by Gasteiger charge is 2.32. The van der Waals surface area contributed by atoms with E-state index in [1.807, 2.05) is 24.3 Å². The molecule has 7 heteroatoms. The molecule has 2 aliphatic rings. The van der Waals surface area contributed by atoms with Crippen LogP contribution < -0.4 is 10.6 Å². The maximum atomic E-state index is 11.7. The molecule has 0 saturated carbocycles. The van der Waals surface area contributed by atoms with Gasteiger partial charge in [-0.15, -0.1) is 0 Å². The number of pyridine rings is 1. The van der Waals surface area contributed by atoms with Gasteiger partial charge in [-0.1, -0.05) is 12.1 Å². The standard InChI is InChI=1S/C23H25N5O2/c1-14-20(19-7-4-12-30-19)16(13-24)22-26-17-5-2-3-6-18(17)28(22)23(14)27-10-8-15(9-11-27)21(25)29/h2-3,5-6,15,19H,4,7-12H2,1H3,(H2,25,29). The minimum absolute atomic E-state index is 0.0763. The van der Waals surface area contributed by atoms with Crippen LogP contribution in [0.3, 0.4) is 0 Å². The fourth-order valence-corrected chi connectivity index (χ4v) is 5.08. The van der Waals surface area contributed by atoms with Gasteiger partial charge >= 0.3 is 0 Å². The number of hydrogen-bond donors (Lipinski definition) is 1. The quantitative estimate of drug-likeness (QED) is 0.724. The SMILES string of the molecule is Cc1c(C2CCCO2)c(C#N)c2nc3ccccc3n2c1N1CCC(C(N)=O)CC1. The van der Waals surface area contributed by atoms with Gasteiger partial charge in [0, 0.05) is 31.2 Å². The summed E-state index contributed by atoms with van der Waals surface area (Å²) in [6, 6.07) is 10.4. The van der Waals surface area contributed by atoms with Crippen molar-refractivity contribution in [2.24, 2.45) is 11.7 Å². The second-order valence-electron chi connectivity index (χ2n) is 8.27. The molecule has 2 N–H and O–H groups in total. The zero-order valence-corrected chi connectivity index (χ0v) is 17.1. The zero-order chi connectivity index (χ0) is 20.8. The molecular weight excluding hydrogens is 378 g/mol. The van der Waals surface area contributed by atoms with Crippen LogP contribution in [0, 0.1) is 24.2 Å². The predicted octanol–water partition coefficient (Wildman–Crippen LogP) is 3.22. The Labute approximate surface area is 175 Å². The number of fused-ring (bicyclic) bond motifs is 3. The van der Waals surface area contributed by atoms with Crippen molar-refractivity contribution < 1.29 is 9.53 Å². The summed E-state index contributed by atoms with van der Waals surface area (Å²) >= 11 is 0. The minimum Gasteiger partial charge on any atom is -0.373 e. The van der Waals surface area contributed by atoms with Gasteiger partial charge in [-0.3, -0.25) is 9.20 Å². The molecule has 1 unspecified atom stereocenters. The Kier molecular flexibility index (Phi) is 4.59. The predicted molar refractivity (Wildman–Crippen MR) is 114 cm³/mol. The Hall–Kier alpha value is -3.11. The van der Waals surface area contributed by atoms with Gasteiger partial charge < -0.3 is 15.4 Å². The van der Waals surface area contributed by atoms with Gasteiger partial charge in [0.05, 0.1) is 17.1 Å². The van der Waals surface area contributed by atoms with Gasteiger partial charge in [-0.2, -0.15) is 5.26 Å². The number of primary amides is 1. The minimum atomic E-state index is -0.218. The number of nitrogens with zero attached hydrogens (tertiary/aromatic N) is 4. The number of ether oxygens (including phenoxy) is 1. The average molecular weight is 403 g/mol. The van der Waals surface area contributed by atoms with Gasteiger partial charge in [0.15, 0.2) is 5.65 Å². The molecule has 4 heterocycles. The second-order valence-corrected chi connectivity index (χ2v) is 8.27. The summed E-state index contributed by atoms with van der Waals surface area (Å²) in [6.07, 6.45) is 3.30. The molecule has 2 saturated heterocycles. The Morgan fingerprint density at radius 3 is 2.70 bits per heavy atom. The number of hydrogen-bond acceptors (Lipinski definition) is 5. The third kappa shape index (κ3) is 2.83. The van der Waals surface area contributed by atoms with E-state index in [9.17, 15) is 10.1 Å². The number of nitriles is 1. The number of anilines is 1. The summed E-state index contributed by atoms with van der Waals surface area (Å²) in [4.78, 5) is 18.8. The molecule has 2 aromatic heterocycles. The molecule has 30 heavy (non-hydrogen) atoms. The average Bonchev–Trinajstić information content (AvgIpc) is 3.41. The van der Waals surface area contributed by atoms with Gasteiger partial charge in [0.1, 0.15) is 17.5 Å².